The van der Waals surface area contributed by atoms with Crippen LogP contribution in [-0.2, 0) is 11.3 Å². The number of nitrogens with one attached hydrogen (secondary N) is 2. The summed E-state index contributed by atoms with van der Waals surface area (Å²) in [5, 5.41) is 15.0. The van der Waals surface area contributed by atoms with Crippen molar-refractivity contribution in [3.05, 3.63) is 53.5 Å². The molecule has 3 rings (SSSR count). The lowest BCUT2D eigenvalue weighted by Crippen LogP contribution is -2.15. The average Bonchev–Trinajstić information content (AvgIpc) is 3.26. The Balaban J connectivity index is 1.49. The van der Waals surface area contributed by atoms with Gasteiger partial charge in [0.2, 0.25) is 11.0 Å². The fraction of sp³-hybridized carbons (Fsp3) is 0.235. The zero-order valence-electron chi connectivity index (χ0n) is 13.9. The summed E-state index contributed by atoms with van der Waals surface area (Å²) in [5.74, 6) is 1.07. The number of para-hydroxylation sites is 1. The molecule has 0 atom stereocenters. The minimum Gasteiger partial charge on any atom is -0.467 e. The van der Waals surface area contributed by atoms with Crippen LogP contribution >= 0.6 is 23.1 Å². The van der Waals surface area contributed by atoms with Crippen molar-refractivity contribution in [1.82, 2.24) is 10.2 Å². The Hall–Kier alpha value is -2.32. The lowest BCUT2D eigenvalue weighted by atomic mass is 10.1. The van der Waals surface area contributed by atoms with Crippen LogP contribution in [0, 0.1) is 13.8 Å². The van der Waals surface area contributed by atoms with Gasteiger partial charge in [-0.15, -0.1) is 10.2 Å². The summed E-state index contributed by atoms with van der Waals surface area (Å²) in [4.78, 5) is 12.2. The first-order valence-electron chi connectivity index (χ1n) is 7.70. The molecule has 8 heteroatoms. The van der Waals surface area contributed by atoms with Crippen LogP contribution in [0.15, 0.2) is 45.4 Å². The first kappa shape index (κ1) is 17.5. The standard InChI is InChI=1S/C17H18N4O2S2/c1-11-5-3-6-12(2)15(11)19-14(22)10-24-17-21-20-16(25-17)18-9-13-7-4-8-23-13/h3-8H,9-10H2,1-2H3,(H,18,20)(H,19,22). The van der Waals surface area contributed by atoms with Gasteiger partial charge >= 0.3 is 0 Å². The lowest BCUT2D eigenvalue weighted by Gasteiger charge is -2.10. The second-order valence-corrected chi connectivity index (χ2v) is 7.61. The van der Waals surface area contributed by atoms with Crippen LogP contribution in [0.4, 0.5) is 10.8 Å². The molecule has 0 radical (unpaired) electrons. The van der Waals surface area contributed by atoms with Gasteiger partial charge in [-0.1, -0.05) is 41.3 Å². The number of rotatable bonds is 7. The van der Waals surface area contributed by atoms with E-state index in [1.54, 1.807) is 6.26 Å². The molecule has 2 N–H and O–H groups in total. The minimum atomic E-state index is -0.0531. The van der Waals surface area contributed by atoms with Gasteiger partial charge in [0.1, 0.15) is 5.76 Å². The van der Waals surface area contributed by atoms with Crippen molar-refractivity contribution in [3.8, 4) is 0 Å². The highest BCUT2D eigenvalue weighted by atomic mass is 32.2. The molecule has 6 nitrogen and oxygen atoms in total. The number of furan rings is 1. The van der Waals surface area contributed by atoms with Crippen LogP contribution in [0.3, 0.4) is 0 Å². The molecule has 0 aliphatic heterocycles. The third kappa shape index (κ3) is 4.83. The number of hydrogen-bond acceptors (Lipinski definition) is 7. The Labute approximate surface area is 154 Å². The smallest absolute Gasteiger partial charge is 0.234 e. The molecule has 0 spiro atoms. The normalized spacial score (nSPS) is 10.6. The predicted molar refractivity (Wildman–Crippen MR) is 101 cm³/mol. The largest absolute Gasteiger partial charge is 0.467 e. The Kier molecular flexibility index (Phi) is 5.72. The van der Waals surface area contributed by atoms with Crippen LogP contribution in [-0.4, -0.2) is 21.9 Å². The van der Waals surface area contributed by atoms with E-state index in [-0.39, 0.29) is 5.91 Å². The quantitative estimate of drug-likeness (QED) is 0.606. The molecule has 1 amide bonds. The van der Waals surface area contributed by atoms with Crippen molar-refractivity contribution in [3.63, 3.8) is 0 Å². The number of nitrogens with zero attached hydrogens (tertiary/aromatic N) is 2. The van der Waals surface area contributed by atoms with Gasteiger partial charge in [0.25, 0.3) is 0 Å². The monoisotopic (exact) mass is 374 g/mol. The fourth-order valence-electron chi connectivity index (χ4n) is 2.23. The maximum absolute atomic E-state index is 12.2. The number of aromatic nitrogens is 2. The summed E-state index contributed by atoms with van der Waals surface area (Å²) in [7, 11) is 0. The van der Waals surface area contributed by atoms with E-state index in [9.17, 15) is 4.79 Å². The summed E-state index contributed by atoms with van der Waals surface area (Å²) in [6.07, 6.45) is 1.63. The van der Waals surface area contributed by atoms with Crippen LogP contribution < -0.4 is 10.6 Å². The van der Waals surface area contributed by atoms with E-state index in [0.29, 0.717) is 17.4 Å². The number of anilines is 2. The van der Waals surface area contributed by atoms with Crippen molar-refractivity contribution < 1.29 is 9.21 Å². The van der Waals surface area contributed by atoms with Crippen LogP contribution in [0.5, 0.6) is 0 Å². The molecule has 0 saturated carbocycles. The molecule has 130 valence electrons. The topological polar surface area (TPSA) is 80.0 Å². The van der Waals surface area contributed by atoms with E-state index >= 15 is 0 Å². The molecule has 1 aromatic carbocycles. The van der Waals surface area contributed by atoms with Gasteiger partial charge in [0, 0.05) is 5.69 Å². The molecular formula is C17H18N4O2S2. The van der Waals surface area contributed by atoms with Crippen LogP contribution in [0.25, 0.3) is 0 Å². The highest BCUT2D eigenvalue weighted by molar-refractivity contribution is 8.01. The van der Waals surface area contributed by atoms with E-state index in [2.05, 4.69) is 20.8 Å². The Morgan fingerprint density at radius 1 is 1.20 bits per heavy atom. The van der Waals surface area contributed by atoms with Crippen molar-refractivity contribution >= 4 is 39.8 Å². The average molecular weight is 374 g/mol. The van der Waals surface area contributed by atoms with E-state index in [1.807, 2.05) is 44.2 Å². The SMILES string of the molecule is Cc1cccc(C)c1NC(=O)CSc1nnc(NCc2ccco2)s1. The Morgan fingerprint density at radius 3 is 2.72 bits per heavy atom. The molecule has 2 aromatic heterocycles. The van der Waals surface area contributed by atoms with Gasteiger partial charge in [-0.05, 0) is 37.1 Å². The predicted octanol–water partition coefficient (Wildman–Crippen LogP) is 4.09. The van der Waals surface area contributed by atoms with Crippen molar-refractivity contribution in [2.45, 2.75) is 24.7 Å². The number of carbonyl (C=O) groups excluding carboxylic acids is 1. The van der Waals surface area contributed by atoms with Gasteiger partial charge in [-0.3, -0.25) is 4.79 Å². The number of carbonyl (C=O) groups is 1. The lowest BCUT2D eigenvalue weighted by molar-refractivity contribution is -0.113. The van der Waals surface area contributed by atoms with Crippen molar-refractivity contribution in [2.24, 2.45) is 0 Å². The van der Waals surface area contributed by atoms with Gasteiger partial charge < -0.3 is 15.1 Å². The fourth-order valence-corrected chi connectivity index (χ4v) is 3.78. The molecule has 0 unspecified atom stereocenters. The number of benzene rings is 1. The highest BCUT2D eigenvalue weighted by Crippen LogP contribution is 2.26. The molecule has 0 fully saturated rings. The summed E-state index contributed by atoms with van der Waals surface area (Å²) in [6.45, 7) is 4.52. The van der Waals surface area contributed by atoms with E-state index < -0.39 is 0 Å². The summed E-state index contributed by atoms with van der Waals surface area (Å²) >= 11 is 2.79. The van der Waals surface area contributed by atoms with Crippen LogP contribution in [0.1, 0.15) is 16.9 Å². The van der Waals surface area contributed by atoms with Gasteiger partial charge in [0.05, 0.1) is 18.6 Å². The number of amides is 1. The summed E-state index contributed by atoms with van der Waals surface area (Å²) < 4.78 is 6.00. The molecule has 0 bridgehead atoms. The second kappa shape index (κ2) is 8.17. The van der Waals surface area contributed by atoms with Gasteiger partial charge in [-0.25, -0.2) is 0 Å². The summed E-state index contributed by atoms with van der Waals surface area (Å²) in [5.41, 5.74) is 2.99. The molecule has 3 aromatic rings. The molecular weight excluding hydrogens is 356 g/mol. The second-order valence-electron chi connectivity index (χ2n) is 5.41. The molecule has 0 saturated heterocycles. The third-order valence-corrected chi connectivity index (χ3v) is 5.49. The van der Waals surface area contributed by atoms with E-state index in [1.165, 1.54) is 23.1 Å². The molecule has 0 aliphatic carbocycles. The number of aryl methyl sites for hydroxylation is 2. The molecule has 2 heterocycles. The van der Waals surface area contributed by atoms with Crippen molar-refractivity contribution in [2.75, 3.05) is 16.4 Å². The van der Waals surface area contributed by atoms with Gasteiger partial charge in [-0.2, -0.15) is 0 Å². The zero-order valence-corrected chi connectivity index (χ0v) is 15.5. The first-order chi connectivity index (χ1) is 12.1. The van der Waals surface area contributed by atoms with Gasteiger partial charge in [0.15, 0.2) is 4.34 Å². The first-order valence-corrected chi connectivity index (χ1v) is 9.50. The Morgan fingerprint density at radius 2 is 2.00 bits per heavy atom. The third-order valence-electron chi connectivity index (χ3n) is 3.47. The zero-order chi connectivity index (χ0) is 17.6. The van der Waals surface area contributed by atoms with E-state index in [0.717, 1.165) is 26.9 Å². The minimum absolute atomic E-state index is 0.0531. The van der Waals surface area contributed by atoms with E-state index in [4.69, 9.17) is 4.42 Å². The highest BCUT2D eigenvalue weighted by Gasteiger charge is 2.10. The number of thioether (sulfide) groups is 1. The Bertz CT molecular complexity index is 826. The molecule has 0 aliphatic rings. The van der Waals surface area contributed by atoms with Crippen LogP contribution in [0.2, 0.25) is 0 Å². The number of hydrogen-bond donors (Lipinski definition) is 2. The summed E-state index contributed by atoms with van der Waals surface area (Å²) in [6, 6.07) is 9.68. The van der Waals surface area contributed by atoms with Crippen molar-refractivity contribution in [1.29, 1.82) is 0 Å². The maximum Gasteiger partial charge on any atom is 0.234 e. The maximum atomic E-state index is 12.2. The molecule has 25 heavy (non-hydrogen) atoms.